The van der Waals surface area contributed by atoms with Crippen LogP contribution >= 0.6 is 0 Å². The molecule has 1 fully saturated rings. The summed E-state index contributed by atoms with van der Waals surface area (Å²) >= 11 is 0. The number of carboxylic acid groups (broad SMARTS) is 1. The predicted octanol–water partition coefficient (Wildman–Crippen LogP) is 4.38. The van der Waals surface area contributed by atoms with Crippen LogP contribution in [0.5, 0.6) is 0 Å². The Morgan fingerprint density at radius 2 is 1.60 bits per heavy atom. The number of hydrogen-bond acceptors (Lipinski definition) is 5. The average Bonchev–Trinajstić information content (AvgIpc) is 3.29. The highest BCUT2D eigenvalue weighted by Crippen LogP contribution is 2.23. The largest absolute Gasteiger partial charge is 0.475 e. The highest BCUT2D eigenvalue weighted by Gasteiger charge is 2.12. The number of carboxylic acids is 1. The molecule has 0 bridgehead atoms. The summed E-state index contributed by atoms with van der Waals surface area (Å²) in [5.74, 6) is -0.893. The van der Waals surface area contributed by atoms with Gasteiger partial charge in [0.15, 0.2) is 5.78 Å². The minimum absolute atomic E-state index is 0.107. The molecule has 6 heteroatoms. The highest BCUT2D eigenvalue weighted by atomic mass is 16.5. The molecule has 1 aliphatic heterocycles. The van der Waals surface area contributed by atoms with E-state index in [4.69, 9.17) is 14.3 Å². The van der Waals surface area contributed by atoms with E-state index in [1.54, 1.807) is 42.5 Å². The van der Waals surface area contributed by atoms with Gasteiger partial charge in [0.05, 0.1) is 13.2 Å². The first-order valence-electron chi connectivity index (χ1n) is 9.69. The number of furan rings is 1. The number of hydrogen-bond donors (Lipinski definition) is 1. The maximum Gasteiger partial charge on any atom is 0.371 e. The Morgan fingerprint density at radius 1 is 0.900 bits per heavy atom. The van der Waals surface area contributed by atoms with Gasteiger partial charge in [-0.3, -0.25) is 4.79 Å². The lowest BCUT2D eigenvalue weighted by Gasteiger charge is -2.28. The molecule has 0 amide bonds. The van der Waals surface area contributed by atoms with E-state index in [0.717, 1.165) is 37.6 Å². The van der Waals surface area contributed by atoms with Gasteiger partial charge < -0.3 is 19.2 Å². The predicted molar refractivity (Wildman–Crippen MR) is 114 cm³/mol. The van der Waals surface area contributed by atoms with Gasteiger partial charge in [-0.25, -0.2) is 4.79 Å². The maximum atomic E-state index is 12.5. The second kappa shape index (κ2) is 8.80. The van der Waals surface area contributed by atoms with Crippen molar-refractivity contribution in [1.82, 2.24) is 0 Å². The molecule has 6 nitrogen and oxygen atoms in total. The Morgan fingerprint density at radius 3 is 2.23 bits per heavy atom. The van der Waals surface area contributed by atoms with E-state index in [-0.39, 0.29) is 11.5 Å². The normalized spacial score (nSPS) is 14.2. The van der Waals surface area contributed by atoms with E-state index in [2.05, 4.69) is 17.0 Å². The summed E-state index contributed by atoms with van der Waals surface area (Å²) in [7, 11) is 0. The second-order valence-corrected chi connectivity index (χ2v) is 6.93. The number of rotatable bonds is 6. The van der Waals surface area contributed by atoms with Crippen LogP contribution in [0.15, 0.2) is 71.2 Å². The zero-order valence-electron chi connectivity index (χ0n) is 16.3. The van der Waals surface area contributed by atoms with Crippen LogP contribution < -0.4 is 4.90 Å². The molecule has 0 saturated carbocycles. The molecule has 4 rings (SSSR count). The second-order valence-electron chi connectivity index (χ2n) is 6.93. The number of nitrogens with zero attached hydrogens (tertiary/aromatic N) is 1. The van der Waals surface area contributed by atoms with Crippen LogP contribution in [0.3, 0.4) is 0 Å². The van der Waals surface area contributed by atoms with Crippen LogP contribution in [0.25, 0.3) is 17.4 Å². The SMILES string of the molecule is O=C(/C=C/c1ccc(N2CCOCC2)cc1)c1ccc(-c2ccc(C(=O)O)o2)cc1. The standard InChI is InChI=1S/C24H21NO5/c26-21(10-3-17-1-8-20(9-2-17)25-13-15-29-16-14-25)18-4-6-19(7-5-18)22-11-12-23(30-22)24(27)28/h1-12H,13-16H2,(H,27,28)/b10-3+. The van der Waals surface area contributed by atoms with Crippen molar-refractivity contribution in [1.29, 1.82) is 0 Å². The van der Waals surface area contributed by atoms with Crippen molar-refractivity contribution in [2.24, 2.45) is 0 Å². The summed E-state index contributed by atoms with van der Waals surface area (Å²) in [6.07, 6.45) is 3.35. The molecule has 2 heterocycles. The third-order valence-corrected chi connectivity index (χ3v) is 4.97. The summed E-state index contributed by atoms with van der Waals surface area (Å²) in [6.45, 7) is 3.27. The monoisotopic (exact) mass is 403 g/mol. The fourth-order valence-electron chi connectivity index (χ4n) is 3.29. The molecule has 152 valence electrons. The van der Waals surface area contributed by atoms with E-state index < -0.39 is 5.97 Å². The number of allylic oxidation sites excluding steroid dienone is 1. The molecule has 1 saturated heterocycles. The molecular formula is C24H21NO5. The number of carbonyl (C=O) groups is 2. The molecule has 30 heavy (non-hydrogen) atoms. The van der Waals surface area contributed by atoms with Crippen LogP contribution in [0, 0.1) is 0 Å². The summed E-state index contributed by atoms with van der Waals surface area (Å²) in [5.41, 5.74) is 3.36. The molecular weight excluding hydrogens is 382 g/mol. The minimum atomic E-state index is -1.11. The molecule has 1 aliphatic rings. The van der Waals surface area contributed by atoms with E-state index in [1.165, 1.54) is 6.07 Å². The van der Waals surface area contributed by atoms with Crippen molar-refractivity contribution >= 4 is 23.5 Å². The molecule has 0 aliphatic carbocycles. The topological polar surface area (TPSA) is 80.0 Å². The van der Waals surface area contributed by atoms with Gasteiger partial charge in [0.1, 0.15) is 5.76 Å². The van der Waals surface area contributed by atoms with Crippen molar-refractivity contribution < 1.29 is 23.8 Å². The highest BCUT2D eigenvalue weighted by molar-refractivity contribution is 6.07. The first-order chi connectivity index (χ1) is 14.6. The average molecular weight is 403 g/mol. The fourth-order valence-corrected chi connectivity index (χ4v) is 3.29. The van der Waals surface area contributed by atoms with Crippen molar-refractivity contribution in [3.05, 3.63) is 83.6 Å². The van der Waals surface area contributed by atoms with Gasteiger partial charge in [-0.05, 0) is 35.9 Å². The van der Waals surface area contributed by atoms with Gasteiger partial charge in [0.2, 0.25) is 5.76 Å². The van der Waals surface area contributed by atoms with Crippen LogP contribution in [0.2, 0.25) is 0 Å². The number of carbonyl (C=O) groups excluding carboxylic acids is 1. The van der Waals surface area contributed by atoms with Gasteiger partial charge in [0.25, 0.3) is 0 Å². The van der Waals surface area contributed by atoms with E-state index in [9.17, 15) is 9.59 Å². The zero-order chi connectivity index (χ0) is 20.9. The molecule has 3 aromatic rings. The summed E-state index contributed by atoms with van der Waals surface area (Å²) in [4.78, 5) is 25.7. The number of benzene rings is 2. The van der Waals surface area contributed by atoms with Gasteiger partial charge in [-0.1, -0.05) is 42.5 Å². The summed E-state index contributed by atoms with van der Waals surface area (Å²) < 4.78 is 10.7. The Bertz CT molecular complexity index is 1060. The maximum absolute atomic E-state index is 12.5. The first-order valence-corrected chi connectivity index (χ1v) is 9.69. The van der Waals surface area contributed by atoms with E-state index in [0.29, 0.717) is 16.9 Å². The quantitative estimate of drug-likeness (QED) is 0.486. The minimum Gasteiger partial charge on any atom is -0.475 e. The Balaban J connectivity index is 1.40. The third kappa shape index (κ3) is 4.50. The molecule has 0 spiro atoms. The van der Waals surface area contributed by atoms with Crippen LogP contribution in [0.4, 0.5) is 5.69 Å². The lowest BCUT2D eigenvalue weighted by Crippen LogP contribution is -2.36. The van der Waals surface area contributed by atoms with Crippen molar-refractivity contribution in [2.75, 3.05) is 31.2 Å². The Labute approximate surface area is 174 Å². The van der Waals surface area contributed by atoms with Crippen LogP contribution in [0.1, 0.15) is 26.5 Å². The Kier molecular flexibility index (Phi) is 5.77. The van der Waals surface area contributed by atoms with Gasteiger partial charge in [-0.2, -0.15) is 0 Å². The molecule has 0 radical (unpaired) electrons. The summed E-state index contributed by atoms with van der Waals surface area (Å²) in [5, 5.41) is 8.94. The molecule has 0 unspecified atom stereocenters. The van der Waals surface area contributed by atoms with E-state index in [1.807, 2.05) is 12.1 Å². The van der Waals surface area contributed by atoms with Crippen molar-refractivity contribution in [3.8, 4) is 11.3 Å². The number of ether oxygens (including phenoxy) is 1. The number of anilines is 1. The zero-order valence-corrected chi connectivity index (χ0v) is 16.3. The molecule has 2 aromatic carbocycles. The lowest BCUT2D eigenvalue weighted by atomic mass is 10.1. The molecule has 0 atom stereocenters. The first kappa shape index (κ1) is 19.7. The Hall–Kier alpha value is -3.64. The number of ketones is 1. The van der Waals surface area contributed by atoms with Crippen LogP contribution in [-0.2, 0) is 4.74 Å². The summed E-state index contributed by atoms with van der Waals surface area (Å²) in [6, 6.07) is 18.0. The fraction of sp³-hybridized carbons (Fsp3) is 0.167. The van der Waals surface area contributed by atoms with E-state index >= 15 is 0 Å². The van der Waals surface area contributed by atoms with Gasteiger partial charge in [0, 0.05) is 29.9 Å². The third-order valence-electron chi connectivity index (χ3n) is 4.97. The molecule has 1 N–H and O–H groups in total. The van der Waals surface area contributed by atoms with Crippen LogP contribution in [-0.4, -0.2) is 43.2 Å². The van der Waals surface area contributed by atoms with Crippen molar-refractivity contribution in [3.63, 3.8) is 0 Å². The lowest BCUT2D eigenvalue weighted by molar-refractivity contribution is 0.0663. The molecule has 1 aromatic heterocycles. The number of morpholine rings is 1. The smallest absolute Gasteiger partial charge is 0.371 e. The number of aromatic carboxylic acids is 1. The van der Waals surface area contributed by atoms with Gasteiger partial charge >= 0.3 is 5.97 Å². The van der Waals surface area contributed by atoms with Crippen molar-refractivity contribution in [2.45, 2.75) is 0 Å². The van der Waals surface area contributed by atoms with Gasteiger partial charge in [-0.15, -0.1) is 0 Å².